The molecule has 1 aromatic rings. The fraction of sp³-hybridized carbons (Fsp3) is 0.444. The Hall–Kier alpha value is -2.90. The molecular weight excluding hydrogens is 344 g/mol. The van der Waals surface area contributed by atoms with Crippen LogP contribution in [0, 0.1) is 11.8 Å². The third-order valence-electron chi connectivity index (χ3n) is 4.17. The Morgan fingerprint density at radius 3 is 2.15 bits per heavy atom. The van der Waals surface area contributed by atoms with E-state index in [1.54, 1.807) is 6.92 Å². The number of carboxylic acids is 3. The standard InChI is InChI=1S/C18H22O8/c1-3-11(5-4-10(2)15(19)20)9-26-18(25)14-8-12(16(21)22)6-7-13(14)17(23)24/h6-8,10-11H,3-5,9H2,1-2H3,(H,19,20)(H,21,22)(H,23,24). The number of rotatable bonds is 10. The van der Waals surface area contributed by atoms with Gasteiger partial charge in [0.2, 0.25) is 0 Å². The van der Waals surface area contributed by atoms with Crippen molar-refractivity contribution >= 4 is 23.9 Å². The number of hydrogen-bond donors (Lipinski definition) is 3. The van der Waals surface area contributed by atoms with Crippen molar-refractivity contribution in [1.82, 2.24) is 0 Å². The minimum Gasteiger partial charge on any atom is -0.481 e. The summed E-state index contributed by atoms with van der Waals surface area (Å²) in [5.74, 6) is -5.05. The summed E-state index contributed by atoms with van der Waals surface area (Å²) >= 11 is 0. The molecule has 8 nitrogen and oxygen atoms in total. The molecule has 0 radical (unpaired) electrons. The van der Waals surface area contributed by atoms with E-state index in [2.05, 4.69) is 0 Å². The fourth-order valence-electron chi connectivity index (χ4n) is 2.32. The Balaban J connectivity index is 2.82. The molecule has 1 rings (SSSR count). The topological polar surface area (TPSA) is 138 Å². The highest BCUT2D eigenvalue weighted by molar-refractivity contribution is 6.04. The highest BCUT2D eigenvalue weighted by atomic mass is 16.5. The van der Waals surface area contributed by atoms with Gasteiger partial charge in [-0.25, -0.2) is 14.4 Å². The van der Waals surface area contributed by atoms with Crippen LogP contribution in [0.4, 0.5) is 0 Å². The second-order valence-corrected chi connectivity index (χ2v) is 6.06. The van der Waals surface area contributed by atoms with Gasteiger partial charge in [0.15, 0.2) is 0 Å². The molecule has 0 saturated heterocycles. The highest BCUT2D eigenvalue weighted by Gasteiger charge is 2.22. The largest absolute Gasteiger partial charge is 0.481 e. The van der Waals surface area contributed by atoms with E-state index in [1.807, 2.05) is 6.92 Å². The first-order valence-electron chi connectivity index (χ1n) is 8.17. The van der Waals surface area contributed by atoms with Crippen LogP contribution >= 0.6 is 0 Å². The lowest BCUT2D eigenvalue weighted by Crippen LogP contribution is -2.19. The maximum absolute atomic E-state index is 12.2. The molecule has 26 heavy (non-hydrogen) atoms. The van der Waals surface area contributed by atoms with E-state index >= 15 is 0 Å². The number of aliphatic carboxylic acids is 1. The van der Waals surface area contributed by atoms with Crippen LogP contribution in [0.25, 0.3) is 0 Å². The summed E-state index contributed by atoms with van der Waals surface area (Å²) in [4.78, 5) is 45.3. The molecule has 0 aliphatic rings. The van der Waals surface area contributed by atoms with Crippen molar-refractivity contribution < 1.29 is 39.2 Å². The molecule has 0 aliphatic carbocycles. The highest BCUT2D eigenvalue weighted by Crippen LogP contribution is 2.19. The maximum atomic E-state index is 12.2. The third-order valence-corrected chi connectivity index (χ3v) is 4.17. The van der Waals surface area contributed by atoms with E-state index < -0.39 is 29.8 Å². The van der Waals surface area contributed by atoms with Crippen molar-refractivity contribution in [3.8, 4) is 0 Å². The molecular formula is C18H22O8. The summed E-state index contributed by atoms with van der Waals surface area (Å²) in [7, 11) is 0. The van der Waals surface area contributed by atoms with Crippen LogP contribution in [0.2, 0.25) is 0 Å². The molecule has 0 spiro atoms. The van der Waals surface area contributed by atoms with Gasteiger partial charge < -0.3 is 20.1 Å². The van der Waals surface area contributed by atoms with Crippen LogP contribution in [0.1, 0.15) is 64.2 Å². The van der Waals surface area contributed by atoms with E-state index in [-0.39, 0.29) is 29.2 Å². The maximum Gasteiger partial charge on any atom is 0.339 e. The number of carboxylic acid groups (broad SMARTS) is 3. The predicted molar refractivity (Wildman–Crippen MR) is 90.5 cm³/mol. The lowest BCUT2D eigenvalue weighted by Gasteiger charge is -2.17. The second-order valence-electron chi connectivity index (χ2n) is 6.06. The minimum atomic E-state index is -1.36. The first-order chi connectivity index (χ1) is 12.2. The molecule has 0 fully saturated rings. The first-order valence-corrected chi connectivity index (χ1v) is 8.17. The predicted octanol–water partition coefficient (Wildman–Crippen LogP) is 2.77. The Labute approximate surface area is 150 Å². The summed E-state index contributed by atoms with van der Waals surface area (Å²) in [6.45, 7) is 3.47. The van der Waals surface area contributed by atoms with Gasteiger partial charge >= 0.3 is 23.9 Å². The van der Waals surface area contributed by atoms with Crippen LogP contribution in [-0.4, -0.2) is 45.8 Å². The molecule has 0 aliphatic heterocycles. The zero-order chi connectivity index (χ0) is 19.9. The smallest absolute Gasteiger partial charge is 0.339 e. The fourth-order valence-corrected chi connectivity index (χ4v) is 2.32. The lowest BCUT2D eigenvalue weighted by molar-refractivity contribution is -0.141. The lowest BCUT2D eigenvalue weighted by atomic mass is 9.95. The van der Waals surface area contributed by atoms with Crippen LogP contribution < -0.4 is 0 Å². The number of carbonyl (C=O) groups excluding carboxylic acids is 1. The molecule has 8 heteroatoms. The van der Waals surface area contributed by atoms with E-state index in [4.69, 9.17) is 20.1 Å². The molecule has 0 amide bonds. The SMILES string of the molecule is CCC(CCC(C)C(=O)O)COC(=O)c1cc(C(=O)O)ccc1C(=O)O. The van der Waals surface area contributed by atoms with Gasteiger partial charge in [0.05, 0.1) is 29.2 Å². The minimum absolute atomic E-state index is 0.00195. The van der Waals surface area contributed by atoms with E-state index in [0.717, 1.165) is 18.2 Å². The van der Waals surface area contributed by atoms with Crippen LogP contribution in [0.15, 0.2) is 18.2 Å². The molecule has 1 aromatic carbocycles. The summed E-state index contributed by atoms with van der Waals surface area (Å²) in [6.07, 6.45) is 1.62. The normalized spacial score (nSPS) is 12.8. The Kier molecular flexibility index (Phi) is 7.77. The number of ether oxygens (including phenoxy) is 1. The van der Waals surface area contributed by atoms with Crippen molar-refractivity contribution in [2.24, 2.45) is 11.8 Å². The average molecular weight is 366 g/mol. The van der Waals surface area contributed by atoms with Crippen LogP contribution in [0.3, 0.4) is 0 Å². The van der Waals surface area contributed by atoms with Gasteiger partial charge in [0.1, 0.15) is 0 Å². The monoisotopic (exact) mass is 366 g/mol. The number of esters is 1. The summed E-state index contributed by atoms with van der Waals surface area (Å²) in [6, 6.07) is 3.13. The van der Waals surface area contributed by atoms with E-state index in [1.165, 1.54) is 0 Å². The molecule has 142 valence electrons. The zero-order valence-corrected chi connectivity index (χ0v) is 14.6. The van der Waals surface area contributed by atoms with Gasteiger partial charge in [-0.05, 0) is 37.0 Å². The average Bonchev–Trinajstić information content (AvgIpc) is 2.60. The van der Waals surface area contributed by atoms with Gasteiger partial charge in [-0.3, -0.25) is 4.79 Å². The molecule has 0 heterocycles. The van der Waals surface area contributed by atoms with Crippen molar-refractivity contribution in [3.63, 3.8) is 0 Å². The number of hydrogen-bond acceptors (Lipinski definition) is 5. The summed E-state index contributed by atoms with van der Waals surface area (Å²) in [5, 5.41) is 27.0. The summed E-state index contributed by atoms with van der Waals surface area (Å²) in [5.41, 5.74) is -0.886. The van der Waals surface area contributed by atoms with E-state index in [9.17, 15) is 19.2 Å². The zero-order valence-electron chi connectivity index (χ0n) is 14.6. The van der Waals surface area contributed by atoms with Gasteiger partial charge in [-0.1, -0.05) is 20.3 Å². The van der Waals surface area contributed by atoms with Gasteiger partial charge in [-0.2, -0.15) is 0 Å². The first kappa shape index (κ1) is 21.1. The molecule has 0 bridgehead atoms. The van der Waals surface area contributed by atoms with Gasteiger partial charge in [0.25, 0.3) is 0 Å². The van der Waals surface area contributed by atoms with Crippen molar-refractivity contribution in [2.45, 2.75) is 33.1 Å². The Bertz CT molecular complexity index is 694. The number of benzene rings is 1. The third kappa shape index (κ3) is 5.87. The van der Waals surface area contributed by atoms with E-state index in [0.29, 0.717) is 19.3 Å². The molecule has 2 atom stereocenters. The molecule has 0 saturated carbocycles. The van der Waals surface area contributed by atoms with Crippen molar-refractivity contribution in [1.29, 1.82) is 0 Å². The van der Waals surface area contributed by atoms with Gasteiger partial charge in [-0.15, -0.1) is 0 Å². The van der Waals surface area contributed by atoms with Crippen LogP contribution in [-0.2, 0) is 9.53 Å². The van der Waals surface area contributed by atoms with Crippen molar-refractivity contribution in [3.05, 3.63) is 34.9 Å². The molecule has 0 aromatic heterocycles. The quantitative estimate of drug-likeness (QED) is 0.537. The van der Waals surface area contributed by atoms with Crippen molar-refractivity contribution in [2.75, 3.05) is 6.61 Å². The summed E-state index contributed by atoms with van der Waals surface area (Å²) < 4.78 is 5.16. The number of aromatic carboxylic acids is 2. The Morgan fingerprint density at radius 2 is 1.65 bits per heavy atom. The Morgan fingerprint density at radius 1 is 1.00 bits per heavy atom. The molecule has 2 unspecified atom stereocenters. The molecule has 3 N–H and O–H groups in total. The second kappa shape index (κ2) is 9.55. The number of carbonyl (C=O) groups is 4. The van der Waals surface area contributed by atoms with Gasteiger partial charge in [0, 0.05) is 0 Å². The van der Waals surface area contributed by atoms with Crippen LogP contribution in [0.5, 0.6) is 0 Å².